The number of ether oxygens (including phenoxy) is 2. The number of methoxy groups -OCH3 is 1. The predicted octanol–water partition coefficient (Wildman–Crippen LogP) is 5.20. The van der Waals surface area contributed by atoms with Gasteiger partial charge >= 0.3 is 0 Å². The van der Waals surface area contributed by atoms with Gasteiger partial charge in [-0.15, -0.1) is 0 Å². The van der Waals surface area contributed by atoms with Crippen LogP contribution in [0.25, 0.3) is 11.0 Å². The van der Waals surface area contributed by atoms with E-state index in [1.54, 1.807) is 19.2 Å². The number of fused-ring (bicyclic) bond motifs is 1. The molecular weight excluding hydrogens is 438 g/mol. The quantitative estimate of drug-likeness (QED) is 0.370. The summed E-state index contributed by atoms with van der Waals surface area (Å²) in [5.74, 6) is 2.20. The highest BCUT2D eigenvalue weighted by Gasteiger charge is 2.18. The van der Waals surface area contributed by atoms with Gasteiger partial charge in [0.2, 0.25) is 5.91 Å². The maximum absolute atomic E-state index is 12.6. The number of imidazole rings is 1. The number of aromatic nitrogens is 2. The average molecular weight is 464 g/mol. The number of amides is 1. The summed E-state index contributed by atoms with van der Waals surface area (Å²) in [5.41, 5.74) is 2.79. The van der Waals surface area contributed by atoms with Gasteiger partial charge in [0.1, 0.15) is 23.9 Å². The lowest BCUT2D eigenvalue weighted by atomic mass is 10.1. The molecular formula is C26H26ClN3O3. The van der Waals surface area contributed by atoms with E-state index in [0.29, 0.717) is 18.2 Å². The van der Waals surface area contributed by atoms with E-state index in [0.717, 1.165) is 33.9 Å². The second-order valence-corrected chi connectivity index (χ2v) is 8.17. The molecule has 0 bridgehead atoms. The van der Waals surface area contributed by atoms with Gasteiger partial charge in [0, 0.05) is 11.1 Å². The van der Waals surface area contributed by atoms with Crippen molar-refractivity contribution < 1.29 is 14.3 Å². The van der Waals surface area contributed by atoms with Crippen LogP contribution in [0.4, 0.5) is 0 Å². The predicted molar refractivity (Wildman–Crippen MR) is 130 cm³/mol. The van der Waals surface area contributed by atoms with Gasteiger partial charge in [-0.05, 0) is 48.9 Å². The topological polar surface area (TPSA) is 65.4 Å². The fraction of sp³-hybridized carbons (Fsp3) is 0.231. The van der Waals surface area contributed by atoms with Gasteiger partial charge in [0.15, 0.2) is 0 Å². The molecule has 4 aromatic rings. The molecule has 1 aromatic heterocycles. The van der Waals surface area contributed by atoms with Gasteiger partial charge in [-0.1, -0.05) is 41.9 Å². The van der Waals surface area contributed by atoms with Crippen molar-refractivity contribution in [2.75, 3.05) is 13.7 Å². The molecule has 0 radical (unpaired) electrons. The Labute approximate surface area is 198 Å². The second kappa shape index (κ2) is 10.4. The molecule has 3 aromatic carbocycles. The Morgan fingerprint density at radius 3 is 2.61 bits per heavy atom. The van der Waals surface area contributed by atoms with Crippen LogP contribution in [0.2, 0.25) is 5.02 Å². The molecule has 6 nitrogen and oxygen atoms in total. The van der Waals surface area contributed by atoms with E-state index in [1.165, 1.54) is 0 Å². The number of nitrogens with zero attached hydrogens (tertiary/aromatic N) is 2. The number of carbonyl (C=O) groups is 1. The number of carbonyl (C=O) groups excluding carboxylic acids is 1. The first-order valence-corrected chi connectivity index (χ1v) is 11.2. The highest BCUT2D eigenvalue weighted by Crippen LogP contribution is 2.22. The lowest BCUT2D eigenvalue weighted by molar-refractivity contribution is -0.121. The van der Waals surface area contributed by atoms with Gasteiger partial charge in [0.05, 0.1) is 37.2 Å². The van der Waals surface area contributed by atoms with E-state index in [1.807, 2.05) is 67.6 Å². The number of halogens is 1. The Kier molecular flexibility index (Phi) is 7.15. The van der Waals surface area contributed by atoms with Crippen molar-refractivity contribution in [2.45, 2.75) is 25.9 Å². The highest BCUT2D eigenvalue weighted by molar-refractivity contribution is 6.30. The molecule has 0 aliphatic rings. The number of rotatable bonds is 9. The number of para-hydroxylation sites is 2. The maximum Gasteiger partial charge on any atom is 0.224 e. The molecule has 7 heteroatoms. The summed E-state index contributed by atoms with van der Waals surface area (Å²) < 4.78 is 13.3. The smallest absolute Gasteiger partial charge is 0.224 e. The fourth-order valence-electron chi connectivity index (χ4n) is 3.75. The van der Waals surface area contributed by atoms with Crippen LogP contribution in [0.3, 0.4) is 0 Å². The normalized spacial score (nSPS) is 11.8. The van der Waals surface area contributed by atoms with Crippen LogP contribution in [0.1, 0.15) is 24.4 Å². The van der Waals surface area contributed by atoms with Gasteiger partial charge in [0.25, 0.3) is 0 Å². The molecule has 0 aliphatic heterocycles. The van der Waals surface area contributed by atoms with Crippen molar-refractivity contribution in [1.29, 1.82) is 0 Å². The molecule has 0 spiro atoms. The van der Waals surface area contributed by atoms with Crippen LogP contribution in [-0.4, -0.2) is 29.2 Å². The van der Waals surface area contributed by atoms with E-state index < -0.39 is 0 Å². The van der Waals surface area contributed by atoms with Crippen LogP contribution >= 0.6 is 11.6 Å². The first-order chi connectivity index (χ1) is 16.0. The Morgan fingerprint density at radius 1 is 1.06 bits per heavy atom. The molecule has 1 heterocycles. The van der Waals surface area contributed by atoms with Crippen molar-refractivity contribution >= 4 is 28.5 Å². The number of hydrogen-bond donors (Lipinski definition) is 1. The molecule has 0 saturated carbocycles. The summed E-state index contributed by atoms with van der Waals surface area (Å²) in [6, 6.07) is 22.5. The van der Waals surface area contributed by atoms with Gasteiger partial charge in [-0.2, -0.15) is 0 Å². The first kappa shape index (κ1) is 22.7. The Balaban J connectivity index is 1.47. The molecule has 1 atom stereocenters. The van der Waals surface area contributed by atoms with Gasteiger partial charge < -0.3 is 19.4 Å². The molecule has 33 heavy (non-hydrogen) atoms. The van der Waals surface area contributed by atoms with Crippen LogP contribution in [-0.2, 0) is 17.8 Å². The third-order valence-corrected chi connectivity index (χ3v) is 5.60. The summed E-state index contributed by atoms with van der Waals surface area (Å²) in [6.07, 6.45) is 0.278. The summed E-state index contributed by atoms with van der Waals surface area (Å²) in [4.78, 5) is 17.4. The zero-order valence-corrected chi connectivity index (χ0v) is 19.4. The lowest BCUT2D eigenvalue weighted by Gasteiger charge is -2.17. The van der Waals surface area contributed by atoms with Crippen LogP contribution in [0.15, 0.2) is 72.8 Å². The van der Waals surface area contributed by atoms with E-state index >= 15 is 0 Å². The van der Waals surface area contributed by atoms with Gasteiger partial charge in [-0.3, -0.25) is 4.79 Å². The molecule has 4 rings (SSSR count). The zero-order valence-electron chi connectivity index (χ0n) is 18.6. The van der Waals surface area contributed by atoms with Crippen molar-refractivity contribution in [3.63, 3.8) is 0 Å². The minimum absolute atomic E-state index is 0.0731. The molecule has 0 fully saturated rings. The summed E-state index contributed by atoms with van der Waals surface area (Å²) in [5, 5.41) is 3.72. The minimum Gasteiger partial charge on any atom is -0.497 e. The number of benzene rings is 3. The summed E-state index contributed by atoms with van der Waals surface area (Å²) in [6.45, 7) is 2.98. The van der Waals surface area contributed by atoms with E-state index in [9.17, 15) is 4.79 Å². The fourth-order valence-corrected chi connectivity index (χ4v) is 3.88. The third-order valence-electron chi connectivity index (χ3n) is 5.35. The summed E-state index contributed by atoms with van der Waals surface area (Å²) in [7, 11) is 1.63. The maximum atomic E-state index is 12.6. The van der Waals surface area contributed by atoms with Crippen molar-refractivity contribution in [1.82, 2.24) is 14.9 Å². The van der Waals surface area contributed by atoms with Crippen molar-refractivity contribution in [3.8, 4) is 11.5 Å². The first-order valence-electron chi connectivity index (χ1n) is 10.8. The van der Waals surface area contributed by atoms with Crippen LogP contribution in [0, 0.1) is 0 Å². The van der Waals surface area contributed by atoms with Crippen molar-refractivity contribution in [2.24, 2.45) is 0 Å². The molecule has 170 valence electrons. The highest BCUT2D eigenvalue weighted by atomic mass is 35.5. The minimum atomic E-state index is -0.269. The average Bonchev–Trinajstić information content (AvgIpc) is 3.19. The second-order valence-electron chi connectivity index (χ2n) is 7.73. The van der Waals surface area contributed by atoms with Crippen LogP contribution in [0.5, 0.6) is 11.5 Å². The molecule has 1 amide bonds. The molecule has 1 unspecified atom stereocenters. The monoisotopic (exact) mass is 463 g/mol. The van der Waals surface area contributed by atoms with Gasteiger partial charge in [-0.25, -0.2) is 4.98 Å². The van der Waals surface area contributed by atoms with Crippen LogP contribution < -0.4 is 14.8 Å². The van der Waals surface area contributed by atoms with Crippen molar-refractivity contribution in [3.05, 3.63) is 89.2 Å². The van der Waals surface area contributed by atoms with E-state index in [-0.39, 0.29) is 18.4 Å². The molecule has 1 N–H and O–H groups in total. The Morgan fingerprint density at radius 2 is 1.82 bits per heavy atom. The Hall–Kier alpha value is -3.51. The SMILES string of the molecule is COc1cccc(OCCn2c(C(C)NC(=O)Cc3ccc(Cl)cc3)nc3ccccc32)c1. The number of hydrogen-bond acceptors (Lipinski definition) is 4. The molecule has 0 saturated heterocycles. The van der Waals surface area contributed by atoms with E-state index in [4.69, 9.17) is 26.1 Å². The lowest BCUT2D eigenvalue weighted by Crippen LogP contribution is -2.30. The third kappa shape index (κ3) is 5.65. The van der Waals surface area contributed by atoms with E-state index in [2.05, 4.69) is 9.88 Å². The number of nitrogens with one attached hydrogen (secondary N) is 1. The zero-order chi connectivity index (χ0) is 23.2. The summed E-state index contributed by atoms with van der Waals surface area (Å²) >= 11 is 5.94. The Bertz CT molecular complexity index is 1240. The molecule has 0 aliphatic carbocycles. The largest absolute Gasteiger partial charge is 0.497 e. The standard InChI is InChI=1S/C26H26ClN3O3/c1-18(28-25(31)16-19-10-12-20(27)13-11-19)26-29-23-8-3-4-9-24(23)30(26)14-15-33-22-7-5-6-21(17-22)32-2/h3-13,17-18H,14-16H2,1-2H3,(H,28,31).